The average Bonchev–Trinajstić information content (AvgIpc) is 3.22. The fourth-order valence-corrected chi connectivity index (χ4v) is 3.79. The zero-order valence-electron chi connectivity index (χ0n) is 16.1. The molecule has 0 spiro atoms. The molecular weight excluding hydrogens is 388 g/mol. The number of tetrazole rings is 1. The van der Waals surface area contributed by atoms with Gasteiger partial charge in [0.2, 0.25) is 11.1 Å². The molecule has 2 aromatic carbocycles. The van der Waals surface area contributed by atoms with E-state index in [4.69, 9.17) is 4.74 Å². The van der Waals surface area contributed by atoms with Crippen LogP contribution in [0.15, 0.2) is 53.7 Å². The number of thioether (sulfide) groups is 1. The number of hydrogen-bond acceptors (Lipinski definition) is 7. The number of morpholine rings is 1. The van der Waals surface area contributed by atoms with Crippen molar-refractivity contribution in [3.8, 4) is 5.69 Å². The first-order valence-corrected chi connectivity index (χ1v) is 10.4. The maximum atomic E-state index is 12.4. The van der Waals surface area contributed by atoms with E-state index in [1.165, 1.54) is 11.8 Å². The summed E-state index contributed by atoms with van der Waals surface area (Å²) in [6.45, 7) is 5.28. The summed E-state index contributed by atoms with van der Waals surface area (Å²) in [4.78, 5) is 14.6. The second kappa shape index (κ2) is 9.06. The molecular formula is C20H22N6O2S. The Morgan fingerprint density at radius 2 is 1.93 bits per heavy atom. The van der Waals surface area contributed by atoms with E-state index in [0.717, 1.165) is 48.9 Å². The lowest BCUT2D eigenvalue weighted by Gasteiger charge is -2.28. The van der Waals surface area contributed by atoms with Crippen LogP contribution in [0.3, 0.4) is 0 Å². The first-order valence-electron chi connectivity index (χ1n) is 9.40. The summed E-state index contributed by atoms with van der Waals surface area (Å²) in [5.74, 6) is 0.116. The van der Waals surface area contributed by atoms with Crippen LogP contribution >= 0.6 is 11.8 Å². The Morgan fingerprint density at radius 1 is 1.14 bits per heavy atom. The molecule has 1 aromatic heterocycles. The van der Waals surface area contributed by atoms with Crippen LogP contribution in [0, 0.1) is 6.92 Å². The van der Waals surface area contributed by atoms with Gasteiger partial charge in [-0.15, -0.1) is 5.10 Å². The largest absolute Gasteiger partial charge is 0.378 e. The Bertz CT molecular complexity index is 969. The number of benzene rings is 2. The molecule has 1 aliphatic rings. The molecule has 0 saturated carbocycles. The minimum atomic E-state index is -0.104. The molecule has 1 aliphatic heterocycles. The molecule has 1 amide bonds. The lowest BCUT2D eigenvalue weighted by atomic mass is 10.2. The molecule has 8 nitrogen and oxygen atoms in total. The molecule has 9 heteroatoms. The zero-order chi connectivity index (χ0) is 20.1. The van der Waals surface area contributed by atoms with Crippen LogP contribution in [0.1, 0.15) is 5.56 Å². The van der Waals surface area contributed by atoms with Crippen molar-refractivity contribution in [2.45, 2.75) is 12.1 Å². The summed E-state index contributed by atoms with van der Waals surface area (Å²) in [6, 6.07) is 15.8. The van der Waals surface area contributed by atoms with E-state index in [9.17, 15) is 4.79 Å². The van der Waals surface area contributed by atoms with E-state index in [0.29, 0.717) is 5.16 Å². The number of aryl methyl sites for hydroxylation is 1. The van der Waals surface area contributed by atoms with Crippen LogP contribution in [-0.4, -0.2) is 58.2 Å². The van der Waals surface area contributed by atoms with E-state index in [-0.39, 0.29) is 11.7 Å². The van der Waals surface area contributed by atoms with Crippen molar-refractivity contribution in [1.29, 1.82) is 0 Å². The lowest BCUT2D eigenvalue weighted by Crippen LogP contribution is -2.36. The van der Waals surface area contributed by atoms with Gasteiger partial charge in [-0.1, -0.05) is 23.9 Å². The number of nitrogens with one attached hydrogen (secondary N) is 1. The maximum Gasteiger partial charge on any atom is 0.234 e. The van der Waals surface area contributed by atoms with E-state index >= 15 is 0 Å². The topological polar surface area (TPSA) is 85.2 Å². The predicted octanol–water partition coefficient (Wildman–Crippen LogP) is 2.54. The monoisotopic (exact) mass is 410 g/mol. The molecule has 0 unspecified atom stereocenters. The lowest BCUT2D eigenvalue weighted by molar-refractivity contribution is -0.113. The molecule has 1 fully saturated rings. The highest BCUT2D eigenvalue weighted by molar-refractivity contribution is 7.99. The van der Waals surface area contributed by atoms with Gasteiger partial charge >= 0.3 is 0 Å². The highest BCUT2D eigenvalue weighted by Gasteiger charge is 2.13. The van der Waals surface area contributed by atoms with Gasteiger partial charge in [0.1, 0.15) is 0 Å². The third kappa shape index (κ3) is 4.93. The number of rotatable bonds is 6. The fourth-order valence-electron chi connectivity index (χ4n) is 3.09. The molecule has 2 heterocycles. The molecule has 150 valence electrons. The fraction of sp³-hybridized carbons (Fsp3) is 0.300. The highest BCUT2D eigenvalue weighted by atomic mass is 32.2. The van der Waals surface area contributed by atoms with Gasteiger partial charge in [0.05, 0.1) is 24.7 Å². The van der Waals surface area contributed by atoms with Crippen LogP contribution in [0.2, 0.25) is 0 Å². The van der Waals surface area contributed by atoms with Crippen molar-refractivity contribution in [1.82, 2.24) is 20.2 Å². The standard InChI is InChI=1S/C20H22N6O2S/c1-15-3-2-4-18(13-15)26-20(22-23-24-26)29-14-19(27)21-16-5-7-17(8-6-16)25-9-11-28-12-10-25/h2-8,13H,9-12,14H2,1H3,(H,21,27). The van der Waals surface area contributed by atoms with Crippen molar-refractivity contribution in [3.63, 3.8) is 0 Å². The van der Waals surface area contributed by atoms with Crippen LogP contribution < -0.4 is 10.2 Å². The van der Waals surface area contributed by atoms with Crippen molar-refractivity contribution in [3.05, 3.63) is 54.1 Å². The zero-order valence-corrected chi connectivity index (χ0v) is 16.9. The van der Waals surface area contributed by atoms with Gasteiger partial charge < -0.3 is 15.0 Å². The minimum absolute atomic E-state index is 0.104. The van der Waals surface area contributed by atoms with E-state index in [2.05, 4.69) is 25.7 Å². The van der Waals surface area contributed by atoms with Gasteiger partial charge in [-0.05, 0) is 59.3 Å². The number of aromatic nitrogens is 4. The molecule has 4 rings (SSSR count). The van der Waals surface area contributed by atoms with Crippen LogP contribution in [0.4, 0.5) is 11.4 Å². The molecule has 3 aromatic rings. The third-order valence-corrected chi connectivity index (χ3v) is 5.47. The molecule has 0 radical (unpaired) electrons. The van der Waals surface area contributed by atoms with Gasteiger partial charge in [-0.3, -0.25) is 4.79 Å². The van der Waals surface area contributed by atoms with Gasteiger partial charge in [-0.25, -0.2) is 0 Å². The van der Waals surface area contributed by atoms with Crippen molar-refractivity contribution in [2.24, 2.45) is 0 Å². The smallest absolute Gasteiger partial charge is 0.234 e. The second-order valence-electron chi connectivity index (χ2n) is 6.70. The SMILES string of the molecule is Cc1cccc(-n2nnnc2SCC(=O)Nc2ccc(N3CCOCC3)cc2)c1. The van der Waals surface area contributed by atoms with Gasteiger partial charge in [0.15, 0.2) is 0 Å². The van der Waals surface area contributed by atoms with Crippen LogP contribution in [0.25, 0.3) is 5.69 Å². The molecule has 0 bridgehead atoms. The molecule has 0 atom stereocenters. The molecule has 1 saturated heterocycles. The van der Waals surface area contributed by atoms with E-state index in [1.807, 2.05) is 55.5 Å². The van der Waals surface area contributed by atoms with Crippen LogP contribution in [0.5, 0.6) is 0 Å². The molecule has 29 heavy (non-hydrogen) atoms. The summed E-state index contributed by atoms with van der Waals surface area (Å²) >= 11 is 1.30. The number of ether oxygens (including phenoxy) is 1. The maximum absolute atomic E-state index is 12.4. The van der Waals surface area contributed by atoms with Gasteiger partial charge in [-0.2, -0.15) is 4.68 Å². The first kappa shape index (κ1) is 19.4. The number of carbonyl (C=O) groups is 1. The summed E-state index contributed by atoms with van der Waals surface area (Å²) in [7, 11) is 0. The Hall–Kier alpha value is -2.91. The number of anilines is 2. The normalized spacial score (nSPS) is 14.0. The average molecular weight is 411 g/mol. The summed E-state index contributed by atoms with van der Waals surface area (Å²) < 4.78 is 7.02. The van der Waals surface area contributed by atoms with Gasteiger partial charge in [0, 0.05) is 24.5 Å². The Morgan fingerprint density at radius 3 is 2.69 bits per heavy atom. The first-order chi connectivity index (χ1) is 14.2. The van der Waals surface area contributed by atoms with Gasteiger partial charge in [0.25, 0.3) is 0 Å². The molecule has 0 aliphatic carbocycles. The summed E-state index contributed by atoms with van der Waals surface area (Å²) in [5, 5.41) is 15.3. The summed E-state index contributed by atoms with van der Waals surface area (Å²) in [5.41, 5.74) is 3.90. The van der Waals surface area contributed by atoms with Crippen molar-refractivity contribution < 1.29 is 9.53 Å². The highest BCUT2D eigenvalue weighted by Crippen LogP contribution is 2.21. The second-order valence-corrected chi connectivity index (χ2v) is 7.64. The number of carbonyl (C=O) groups excluding carboxylic acids is 1. The molecule has 1 N–H and O–H groups in total. The number of hydrogen-bond donors (Lipinski definition) is 1. The Balaban J connectivity index is 1.33. The van der Waals surface area contributed by atoms with Crippen LogP contribution in [-0.2, 0) is 9.53 Å². The minimum Gasteiger partial charge on any atom is -0.378 e. The Labute approximate surface area is 173 Å². The quantitative estimate of drug-likeness (QED) is 0.625. The predicted molar refractivity (Wildman–Crippen MR) is 113 cm³/mol. The van der Waals surface area contributed by atoms with E-state index < -0.39 is 0 Å². The number of amides is 1. The Kier molecular flexibility index (Phi) is 6.06. The summed E-state index contributed by atoms with van der Waals surface area (Å²) in [6.07, 6.45) is 0. The third-order valence-electron chi connectivity index (χ3n) is 4.55. The number of nitrogens with zero attached hydrogens (tertiary/aromatic N) is 5. The van der Waals surface area contributed by atoms with Crippen molar-refractivity contribution in [2.75, 3.05) is 42.3 Å². The van der Waals surface area contributed by atoms with E-state index in [1.54, 1.807) is 4.68 Å². The van der Waals surface area contributed by atoms with Crippen molar-refractivity contribution >= 4 is 29.0 Å².